The number of piperazine rings is 1. The lowest BCUT2D eigenvalue weighted by atomic mass is 10.1. The minimum Gasteiger partial charge on any atom is -0.365 e. The lowest BCUT2D eigenvalue weighted by Crippen LogP contribution is -2.49. The SMILES string of the molecule is CC(C)C(=O)N1CCN(c2nn3c(NC4CCCC4)c(-c4ccccc4)nc3s2)CC1. The van der Waals surface area contributed by atoms with Crippen LogP contribution in [-0.4, -0.2) is 57.6 Å². The lowest BCUT2D eigenvalue weighted by Gasteiger charge is -2.35. The van der Waals surface area contributed by atoms with E-state index in [-0.39, 0.29) is 11.8 Å². The van der Waals surface area contributed by atoms with Gasteiger partial charge in [-0.1, -0.05) is 68.4 Å². The Labute approximate surface area is 187 Å². The molecule has 3 heterocycles. The third-order valence-corrected chi connectivity index (χ3v) is 7.26. The number of carbonyl (C=O) groups excluding carboxylic acids is 1. The van der Waals surface area contributed by atoms with Crippen LogP contribution in [0.2, 0.25) is 0 Å². The second-order valence-electron chi connectivity index (χ2n) is 8.85. The normalized spacial score (nSPS) is 17.8. The van der Waals surface area contributed by atoms with Crippen molar-refractivity contribution in [1.82, 2.24) is 19.5 Å². The molecule has 164 valence electrons. The number of anilines is 2. The summed E-state index contributed by atoms with van der Waals surface area (Å²) >= 11 is 1.63. The Morgan fingerprint density at radius 1 is 1.10 bits per heavy atom. The molecule has 1 saturated heterocycles. The fraction of sp³-hybridized carbons (Fsp3) is 0.522. The maximum Gasteiger partial charge on any atom is 0.225 e. The van der Waals surface area contributed by atoms with Crippen molar-refractivity contribution >= 4 is 33.2 Å². The molecular formula is C23H30N6OS. The summed E-state index contributed by atoms with van der Waals surface area (Å²) in [5.74, 6) is 1.30. The first kappa shape index (κ1) is 20.3. The molecule has 2 aromatic heterocycles. The fourth-order valence-corrected chi connectivity index (χ4v) is 5.49. The van der Waals surface area contributed by atoms with E-state index in [0.717, 1.165) is 53.3 Å². The molecule has 2 aliphatic rings. The minimum atomic E-state index is 0.0512. The maximum atomic E-state index is 12.3. The number of rotatable bonds is 5. The Kier molecular flexibility index (Phi) is 5.56. The average molecular weight is 439 g/mol. The van der Waals surface area contributed by atoms with Gasteiger partial charge in [0.2, 0.25) is 16.0 Å². The second kappa shape index (κ2) is 8.49. The van der Waals surface area contributed by atoms with Crippen molar-refractivity contribution in [1.29, 1.82) is 0 Å². The molecule has 1 aliphatic carbocycles. The number of hydrogen-bond donors (Lipinski definition) is 1. The zero-order valence-corrected chi connectivity index (χ0v) is 19.1. The van der Waals surface area contributed by atoms with Crippen molar-refractivity contribution in [3.63, 3.8) is 0 Å². The summed E-state index contributed by atoms with van der Waals surface area (Å²) in [6.45, 7) is 7.06. The van der Waals surface area contributed by atoms with Gasteiger partial charge < -0.3 is 15.1 Å². The molecule has 0 radical (unpaired) electrons. The molecule has 0 bridgehead atoms. The van der Waals surface area contributed by atoms with Crippen LogP contribution < -0.4 is 10.2 Å². The van der Waals surface area contributed by atoms with Gasteiger partial charge >= 0.3 is 0 Å². The zero-order chi connectivity index (χ0) is 21.4. The lowest BCUT2D eigenvalue weighted by molar-refractivity contribution is -0.134. The average Bonchev–Trinajstić information content (AvgIpc) is 3.52. The van der Waals surface area contributed by atoms with E-state index in [9.17, 15) is 4.79 Å². The molecular weight excluding hydrogens is 408 g/mol. The number of benzene rings is 1. The van der Waals surface area contributed by atoms with Crippen LogP contribution in [0.5, 0.6) is 0 Å². The molecule has 1 amide bonds. The number of aromatic nitrogens is 3. The van der Waals surface area contributed by atoms with Crippen LogP contribution in [-0.2, 0) is 4.79 Å². The molecule has 0 spiro atoms. The maximum absolute atomic E-state index is 12.3. The van der Waals surface area contributed by atoms with Crippen molar-refractivity contribution in [2.75, 3.05) is 36.4 Å². The second-order valence-corrected chi connectivity index (χ2v) is 9.78. The third kappa shape index (κ3) is 4.01. The van der Waals surface area contributed by atoms with E-state index in [2.05, 4.69) is 34.5 Å². The van der Waals surface area contributed by atoms with Crippen molar-refractivity contribution < 1.29 is 4.79 Å². The van der Waals surface area contributed by atoms with Crippen LogP contribution in [0.4, 0.5) is 10.9 Å². The fourth-order valence-electron chi connectivity index (χ4n) is 4.54. The Hall–Kier alpha value is -2.61. The van der Waals surface area contributed by atoms with Gasteiger partial charge in [0, 0.05) is 43.7 Å². The highest BCUT2D eigenvalue weighted by Gasteiger charge is 2.27. The van der Waals surface area contributed by atoms with Crippen LogP contribution in [0.1, 0.15) is 39.5 Å². The summed E-state index contributed by atoms with van der Waals surface area (Å²) < 4.78 is 1.99. The summed E-state index contributed by atoms with van der Waals surface area (Å²) in [6.07, 6.45) is 4.96. The molecule has 1 aromatic carbocycles. The third-order valence-electron chi connectivity index (χ3n) is 6.29. The standard InChI is InChI=1S/C23H30N6OS/c1-16(2)21(30)27-12-14-28(15-13-27)23-26-29-20(24-18-10-6-7-11-18)19(25-22(29)31-23)17-8-4-3-5-9-17/h3-5,8-9,16,18,24H,6-7,10-15H2,1-2H3. The summed E-state index contributed by atoms with van der Waals surface area (Å²) in [5, 5.41) is 9.70. The first-order valence-electron chi connectivity index (χ1n) is 11.4. The van der Waals surface area contributed by atoms with Gasteiger partial charge in [0.25, 0.3) is 0 Å². The minimum absolute atomic E-state index is 0.0512. The van der Waals surface area contributed by atoms with Crippen LogP contribution in [0, 0.1) is 5.92 Å². The van der Waals surface area contributed by atoms with E-state index in [1.165, 1.54) is 25.7 Å². The van der Waals surface area contributed by atoms with Gasteiger partial charge in [0.05, 0.1) is 0 Å². The van der Waals surface area contributed by atoms with Gasteiger partial charge in [0.15, 0.2) is 5.82 Å². The topological polar surface area (TPSA) is 65.8 Å². The predicted octanol–water partition coefficient (Wildman–Crippen LogP) is 4.12. The Balaban J connectivity index is 1.42. The monoisotopic (exact) mass is 438 g/mol. The zero-order valence-electron chi connectivity index (χ0n) is 18.3. The molecule has 5 rings (SSSR count). The summed E-state index contributed by atoms with van der Waals surface area (Å²) in [7, 11) is 0. The number of fused-ring (bicyclic) bond motifs is 1. The number of amides is 1. The van der Waals surface area contributed by atoms with Gasteiger partial charge in [-0.3, -0.25) is 4.79 Å². The van der Waals surface area contributed by atoms with E-state index in [1.54, 1.807) is 11.3 Å². The molecule has 1 N–H and O–H groups in total. The van der Waals surface area contributed by atoms with E-state index >= 15 is 0 Å². The smallest absolute Gasteiger partial charge is 0.225 e. The number of nitrogens with one attached hydrogen (secondary N) is 1. The van der Waals surface area contributed by atoms with Crippen molar-refractivity contribution in [3.05, 3.63) is 30.3 Å². The van der Waals surface area contributed by atoms with Crippen molar-refractivity contribution in [2.45, 2.75) is 45.6 Å². The quantitative estimate of drug-likeness (QED) is 0.649. The van der Waals surface area contributed by atoms with Gasteiger partial charge in [-0.25, -0.2) is 4.98 Å². The summed E-state index contributed by atoms with van der Waals surface area (Å²) in [4.78, 5) is 22.4. The van der Waals surface area contributed by atoms with Gasteiger partial charge in [-0.2, -0.15) is 4.52 Å². The number of carbonyl (C=O) groups is 1. The van der Waals surface area contributed by atoms with Gasteiger partial charge in [-0.15, -0.1) is 5.10 Å². The van der Waals surface area contributed by atoms with Crippen LogP contribution >= 0.6 is 11.3 Å². The van der Waals surface area contributed by atoms with Crippen LogP contribution in [0.3, 0.4) is 0 Å². The molecule has 3 aromatic rings. The summed E-state index contributed by atoms with van der Waals surface area (Å²) in [6, 6.07) is 10.8. The number of hydrogen-bond acceptors (Lipinski definition) is 6. The van der Waals surface area contributed by atoms with Gasteiger partial charge in [-0.05, 0) is 12.8 Å². The Morgan fingerprint density at radius 3 is 2.48 bits per heavy atom. The Bertz CT molecular complexity index is 1040. The van der Waals surface area contributed by atoms with E-state index in [1.807, 2.05) is 29.3 Å². The van der Waals surface area contributed by atoms with Gasteiger partial charge in [0.1, 0.15) is 5.69 Å². The predicted molar refractivity (Wildman–Crippen MR) is 126 cm³/mol. The molecule has 2 fully saturated rings. The first-order chi connectivity index (χ1) is 15.1. The van der Waals surface area contributed by atoms with E-state index < -0.39 is 0 Å². The van der Waals surface area contributed by atoms with Crippen LogP contribution in [0.25, 0.3) is 16.2 Å². The summed E-state index contributed by atoms with van der Waals surface area (Å²) in [5.41, 5.74) is 2.09. The largest absolute Gasteiger partial charge is 0.365 e. The molecule has 0 atom stereocenters. The first-order valence-corrected chi connectivity index (χ1v) is 12.2. The molecule has 8 heteroatoms. The van der Waals surface area contributed by atoms with Crippen LogP contribution in [0.15, 0.2) is 30.3 Å². The molecule has 31 heavy (non-hydrogen) atoms. The highest BCUT2D eigenvalue weighted by molar-refractivity contribution is 7.20. The number of nitrogens with zero attached hydrogens (tertiary/aromatic N) is 5. The highest BCUT2D eigenvalue weighted by atomic mass is 32.1. The van der Waals surface area contributed by atoms with E-state index in [0.29, 0.717) is 6.04 Å². The molecule has 1 aliphatic heterocycles. The van der Waals surface area contributed by atoms with Crippen molar-refractivity contribution in [3.8, 4) is 11.3 Å². The molecule has 7 nitrogen and oxygen atoms in total. The van der Waals surface area contributed by atoms with Crippen molar-refractivity contribution in [2.24, 2.45) is 5.92 Å². The molecule has 1 saturated carbocycles. The number of imidazole rings is 1. The molecule has 0 unspecified atom stereocenters. The van der Waals surface area contributed by atoms with E-state index in [4.69, 9.17) is 10.1 Å². The Morgan fingerprint density at radius 2 is 1.81 bits per heavy atom. The highest BCUT2D eigenvalue weighted by Crippen LogP contribution is 2.35.